The molecule has 0 fully saturated rings. The Morgan fingerprint density at radius 1 is 1.21 bits per heavy atom. The highest BCUT2D eigenvalue weighted by Gasteiger charge is 2.08. The molecular weight excluding hydrogens is 176 g/mol. The average Bonchev–Trinajstić information content (AvgIpc) is 2.48. The topological polar surface area (TPSA) is 13.0 Å². The van der Waals surface area contributed by atoms with E-state index in [1.165, 1.54) is 0 Å². The quantitative estimate of drug-likeness (QED) is 0.652. The molecule has 1 aliphatic heterocycles. The Labute approximate surface area is 86.7 Å². The monoisotopic (exact) mass is 196 g/mol. The van der Waals surface area contributed by atoms with E-state index in [-0.39, 0.29) is 0 Å². The summed E-state index contributed by atoms with van der Waals surface area (Å²) in [6.45, 7) is 1.89. The van der Waals surface area contributed by atoms with Crippen LogP contribution in [0.15, 0.2) is 24.8 Å². The van der Waals surface area contributed by atoms with Crippen molar-refractivity contribution in [3.8, 4) is 0 Å². The Hall–Kier alpha value is -1.32. The zero-order chi connectivity index (χ0) is 10.6. The van der Waals surface area contributed by atoms with Gasteiger partial charge in [-0.15, -0.1) is 0 Å². The molecule has 0 amide bonds. The normalized spacial score (nSPS) is 15.7. The standard InChI is InChI=1S/C10H20N4/c1-11(2)5-6-12(3)9-14-8-7-13(4)10-14/h5-8H,9-10H2,1-4H3. The Kier molecular flexibility index (Phi) is 3.68. The smallest absolute Gasteiger partial charge is 0.0907 e. The van der Waals surface area contributed by atoms with Crippen molar-refractivity contribution < 1.29 is 0 Å². The van der Waals surface area contributed by atoms with Gasteiger partial charge in [0, 0.05) is 53.0 Å². The van der Waals surface area contributed by atoms with Crippen LogP contribution in [0.3, 0.4) is 0 Å². The second kappa shape index (κ2) is 4.79. The van der Waals surface area contributed by atoms with E-state index in [9.17, 15) is 0 Å². The summed E-state index contributed by atoms with van der Waals surface area (Å²) >= 11 is 0. The van der Waals surface area contributed by atoms with Crippen molar-refractivity contribution in [3.63, 3.8) is 0 Å². The van der Waals surface area contributed by atoms with Crippen LogP contribution in [0.4, 0.5) is 0 Å². The molecule has 14 heavy (non-hydrogen) atoms. The van der Waals surface area contributed by atoms with E-state index in [1.54, 1.807) is 0 Å². The molecule has 0 radical (unpaired) electrons. The molecule has 0 saturated carbocycles. The molecule has 1 aliphatic rings. The first-order valence-corrected chi connectivity index (χ1v) is 4.75. The minimum absolute atomic E-state index is 0.922. The lowest BCUT2D eigenvalue weighted by molar-refractivity contribution is 0.219. The van der Waals surface area contributed by atoms with Crippen molar-refractivity contribution in [2.45, 2.75) is 0 Å². The number of rotatable bonds is 4. The molecule has 0 unspecified atom stereocenters. The second-order valence-electron chi connectivity index (χ2n) is 3.95. The molecule has 4 nitrogen and oxygen atoms in total. The van der Waals surface area contributed by atoms with Crippen LogP contribution in [-0.4, -0.2) is 61.1 Å². The van der Waals surface area contributed by atoms with Crippen molar-refractivity contribution in [3.05, 3.63) is 24.8 Å². The lowest BCUT2D eigenvalue weighted by Gasteiger charge is -2.24. The predicted octanol–water partition coefficient (Wildman–Crippen LogP) is 0.585. The van der Waals surface area contributed by atoms with Crippen LogP contribution in [0.1, 0.15) is 0 Å². The van der Waals surface area contributed by atoms with Crippen LogP contribution in [-0.2, 0) is 0 Å². The fourth-order valence-electron chi connectivity index (χ4n) is 1.26. The largest absolute Gasteiger partial charge is 0.382 e. The highest BCUT2D eigenvalue weighted by molar-refractivity contribution is 4.89. The Bertz CT molecular complexity index is 222. The zero-order valence-electron chi connectivity index (χ0n) is 9.51. The molecule has 4 heteroatoms. The van der Waals surface area contributed by atoms with Gasteiger partial charge in [-0.3, -0.25) is 0 Å². The summed E-state index contributed by atoms with van der Waals surface area (Å²) in [4.78, 5) is 8.59. The van der Waals surface area contributed by atoms with E-state index >= 15 is 0 Å². The zero-order valence-corrected chi connectivity index (χ0v) is 9.51. The van der Waals surface area contributed by atoms with Crippen LogP contribution in [0.2, 0.25) is 0 Å². The molecule has 0 bridgehead atoms. The fraction of sp³-hybridized carbons (Fsp3) is 0.600. The van der Waals surface area contributed by atoms with Gasteiger partial charge in [0.25, 0.3) is 0 Å². The molecule has 0 aromatic heterocycles. The Morgan fingerprint density at radius 2 is 1.93 bits per heavy atom. The van der Waals surface area contributed by atoms with Gasteiger partial charge in [0.15, 0.2) is 0 Å². The van der Waals surface area contributed by atoms with Crippen LogP contribution in [0.5, 0.6) is 0 Å². The molecule has 1 heterocycles. The molecule has 0 atom stereocenters. The summed E-state index contributed by atoms with van der Waals surface area (Å²) in [5, 5.41) is 0. The third kappa shape index (κ3) is 3.60. The van der Waals surface area contributed by atoms with Crippen LogP contribution in [0, 0.1) is 0 Å². The van der Waals surface area contributed by atoms with Gasteiger partial charge in [-0.2, -0.15) is 0 Å². The third-order valence-electron chi connectivity index (χ3n) is 1.96. The summed E-state index contributed by atoms with van der Waals surface area (Å²) in [6, 6.07) is 0. The van der Waals surface area contributed by atoms with Crippen molar-refractivity contribution in [2.75, 3.05) is 41.5 Å². The first-order valence-electron chi connectivity index (χ1n) is 4.75. The van der Waals surface area contributed by atoms with Crippen molar-refractivity contribution in [2.24, 2.45) is 0 Å². The van der Waals surface area contributed by atoms with E-state index in [0.29, 0.717) is 0 Å². The van der Waals surface area contributed by atoms with Gasteiger partial charge in [-0.05, 0) is 0 Å². The lowest BCUT2D eigenvalue weighted by Crippen LogP contribution is -2.31. The van der Waals surface area contributed by atoms with Gasteiger partial charge in [-0.1, -0.05) is 0 Å². The third-order valence-corrected chi connectivity index (χ3v) is 1.96. The molecule has 0 aliphatic carbocycles. The number of hydrogen-bond donors (Lipinski definition) is 0. The Morgan fingerprint density at radius 3 is 2.43 bits per heavy atom. The predicted molar refractivity (Wildman–Crippen MR) is 59.1 cm³/mol. The molecule has 1 rings (SSSR count). The maximum atomic E-state index is 2.25. The molecule has 80 valence electrons. The molecule has 0 N–H and O–H groups in total. The first-order chi connectivity index (χ1) is 6.58. The van der Waals surface area contributed by atoms with E-state index in [4.69, 9.17) is 0 Å². The van der Waals surface area contributed by atoms with Crippen LogP contribution >= 0.6 is 0 Å². The molecule has 0 saturated heterocycles. The van der Waals surface area contributed by atoms with E-state index in [1.807, 2.05) is 25.2 Å². The summed E-state index contributed by atoms with van der Waals surface area (Å²) < 4.78 is 0. The van der Waals surface area contributed by atoms with Gasteiger partial charge < -0.3 is 19.6 Å². The lowest BCUT2D eigenvalue weighted by atomic mass is 10.6. The van der Waals surface area contributed by atoms with Gasteiger partial charge in [0.2, 0.25) is 0 Å². The highest BCUT2D eigenvalue weighted by Crippen LogP contribution is 2.04. The van der Waals surface area contributed by atoms with Gasteiger partial charge >= 0.3 is 0 Å². The molecule has 0 aromatic rings. The van der Waals surface area contributed by atoms with E-state index < -0.39 is 0 Å². The van der Waals surface area contributed by atoms with Crippen molar-refractivity contribution in [1.82, 2.24) is 19.6 Å². The molecular formula is C10H20N4. The minimum atomic E-state index is 0.922. The first kappa shape index (κ1) is 10.8. The van der Waals surface area contributed by atoms with Gasteiger partial charge in [0.1, 0.15) is 0 Å². The maximum absolute atomic E-state index is 2.25. The molecule has 0 spiro atoms. The van der Waals surface area contributed by atoms with Crippen LogP contribution < -0.4 is 0 Å². The second-order valence-corrected chi connectivity index (χ2v) is 3.95. The van der Waals surface area contributed by atoms with E-state index in [0.717, 1.165) is 13.3 Å². The number of nitrogens with zero attached hydrogens (tertiary/aromatic N) is 4. The van der Waals surface area contributed by atoms with E-state index in [2.05, 4.69) is 47.4 Å². The van der Waals surface area contributed by atoms with Gasteiger partial charge in [-0.25, -0.2) is 0 Å². The maximum Gasteiger partial charge on any atom is 0.0907 e. The average molecular weight is 196 g/mol. The highest BCUT2D eigenvalue weighted by atomic mass is 15.4. The minimum Gasteiger partial charge on any atom is -0.382 e. The summed E-state index contributed by atoms with van der Waals surface area (Å²) in [6.07, 6.45) is 8.32. The summed E-state index contributed by atoms with van der Waals surface area (Å²) in [5.74, 6) is 0. The fourth-order valence-corrected chi connectivity index (χ4v) is 1.26. The SMILES string of the molecule is CN(C)C=CN(C)CN1C=CN(C)C1. The van der Waals surface area contributed by atoms with Gasteiger partial charge in [0.05, 0.1) is 13.3 Å². The van der Waals surface area contributed by atoms with Crippen LogP contribution in [0.25, 0.3) is 0 Å². The molecule has 0 aromatic carbocycles. The van der Waals surface area contributed by atoms with Crippen molar-refractivity contribution >= 4 is 0 Å². The van der Waals surface area contributed by atoms with Crippen molar-refractivity contribution in [1.29, 1.82) is 0 Å². The summed E-state index contributed by atoms with van der Waals surface area (Å²) in [7, 11) is 8.19. The Balaban J connectivity index is 2.27. The summed E-state index contributed by atoms with van der Waals surface area (Å²) in [5.41, 5.74) is 0. The number of hydrogen-bond acceptors (Lipinski definition) is 4.